The number of fused-ring (bicyclic) bond motifs is 1. The van der Waals surface area contributed by atoms with Gasteiger partial charge in [0.15, 0.2) is 0 Å². The largest absolute Gasteiger partial charge is 0.489 e. The van der Waals surface area contributed by atoms with Crippen molar-refractivity contribution in [2.45, 2.75) is 32.4 Å². The van der Waals surface area contributed by atoms with Crippen LogP contribution in [0, 0.1) is 5.92 Å². The van der Waals surface area contributed by atoms with Crippen molar-refractivity contribution in [2.24, 2.45) is 5.92 Å². The minimum atomic E-state index is -2.46. The number of hydrogen-bond acceptors (Lipinski definition) is 5. The highest BCUT2D eigenvalue weighted by molar-refractivity contribution is 7.17. The van der Waals surface area contributed by atoms with Crippen molar-refractivity contribution in [3.63, 3.8) is 0 Å². The summed E-state index contributed by atoms with van der Waals surface area (Å²) < 4.78 is 33.5. The molecule has 1 aliphatic rings. The van der Waals surface area contributed by atoms with Gasteiger partial charge in [0, 0.05) is 30.6 Å². The Morgan fingerprint density at radius 2 is 2.26 bits per heavy atom. The van der Waals surface area contributed by atoms with Gasteiger partial charge in [0.1, 0.15) is 18.4 Å². The van der Waals surface area contributed by atoms with E-state index in [1.165, 1.54) is 16.0 Å². The van der Waals surface area contributed by atoms with Crippen LogP contribution >= 0.6 is 11.3 Å². The molecule has 2 aromatic heterocycles. The summed E-state index contributed by atoms with van der Waals surface area (Å²) in [7, 11) is 0. The van der Waals surface area contributed by atoms with E-state index in [0.717, 1.165) is 21.3 Å². The number of amides is 1. The molecule has 1 N–H and O–H groups in total. The molecule has 2 atom stereocenters. The summed E-state index contributed by atoms with van der Waals surface area (Å²) >= 11 is 1.48. The third kappa shape index (κ3) is 3.78. The van der Waals surface area contributed by atoms with Gasteiger partial charge in [-0.1, -0.05) is 0 Å². The highest BCUT2D eigenvalue weighted by atomic mass is 32.1. The lowest BCUT2D eigenvalue weighted by atomic mass is 10.0. The Kier molecular flexibility index (Phi) is 4.77. The van der Waals surface area contributed by atoms with E-state index in [1.54, 1.807) is 17.9 Å². The van der Waals surface area contributed by atoms with Gasteiger partial charge in [-0.05, 0) is 24.6 Å². The summed E-state index contributed by atoms with van der Waals surface area (Å²) in [5, 5.41) is 6.82. The number of alkyl halides is 2. The Morgan fingerprint density at radius 3 is 3.00 bits per heavy atom. The van der Waals surface area contributed by atoms with Gasteiger partial charge in [-0.15, -0.1) is 11.3 Å². The second-order valence-corrected chi connectivity index (χ2v) is 7.46. The molecule has 0 bridgehead atoms. The second kappa shape index (κ2) is 7.22. The van der Waals surface area contributed by atoms with Crippen molar-refractivity contribution in [1.82, 2.24) is 20.1 Å². The smallest absolute Gasteiger partial charge is 0.257 e. The van der Waals surface area contributed by atoms with Gasteiger partial charge in [0.25, 0.3) is 6.43 Å². The number of rotatable bonds is 6. The lowest BCUT2D eigenvalue weighted by Gasteiger charge is -2.20. The van der Waals surface area contributed by atoms with Crippen LogP contribution in [0.15, 0.2) is 30.0 Å². The molecular formula is C18H18F2N4O2S. The van der Waals surface area contributed by atoms with Crippen LogP contribution in [0.5, 0.6) is 5.75 Å². The van der Waals surface area contributed by atoms with Gasteiger partial charge in [0.2, 0.25) is 5.91 Å². The van der Waals surface area contributed by atoms with E-state index in [1.807, 2.05) is 19.1 Å². The number of halogens is 2. The molecular weight excluding hydrogens is 374 g/mol. The van der Waals surface area contributed by atoms with Gasteiger partial charge >= 0.3 is 0 Å². The van der Waals surface area contributed by atoms with E-state index in [0.29, 0.717) is 18.7 Å². The first-order valence-electron chi connectivity index (χ1n) is 8.61. The molecule has 27 heavy (non-hydrogen) atoms. The van der Waals surface area contributed by atoms with Gasteiger partial charge in [0.05, 0.1) is 21.9 Å². The maximum absolute atomic E-state index is 12.6. The number of carbonyl (C=O) groups excluding carboxylic acids is 1. The number of carbonyl (C=O) groups is 1. The van der Waals surface area contributed by atoms with Crippen LogP contribution < -0.4 is 10.1 Å². The number of ether oxygens (including phenoxy) is 1. The average Bonchev–Trinajstić information content (AvgIpc) is 3.34. The number of nitrogens with one attached hydrogen (secondary N) is 1. The van der Waals surface area contributed by atoms with E-state index in [2.05, 4.69) is 15.4 Å². The zero-order valence-electron chi connectivity index (χ0n) is 14.6. The minimum Gasteiger partial charge on any atom is -0.489 e. The summed E-state index contributed by atoms with van der Waals surface area (Å²) in [5.41, 5.74) is 4.05. The van der Waals surface area contributed by atoms with Crippen LogP contribution in [0.1, 0.15) is 13.3 Å². The van der Waals surface area contributed by atoms with Gasteiger partial charge < -0.3 is 10.1 Å². The summed E-state index contributed by atoms with van der Waals surface area (Å²) in [6.07, 6.45) is 0.995. The number of nitrogens with zero attached hydrogens (tertiary/aromatic N) is 3. The fourth-order valence-electron chi connectivity index (χ4n) is 3.20. The third-order valence-electron chi connectivity index (χ3n) is 4.67. The lowest BCUT2D eigenvalue weighted by Crippen LogP contribution is -2.25. The molecule has 3 aromatic rings. The van der Waals surface area contributed by atoms with E-state index in [4.69, 9.17) is 4.74 Å². The first kappa shape index (κ1) is 17.8. The van der Waals surface area contributed by atoms with Crippen molar-refractivity contribution in [3.8, 4) is 16.9 Å². The van der Waals surface area contributed by atoms with Crippen LogP contribution in [0.25, 0.3) is 21.3 Å². The second-order valence-electron chi connectivity index (χ2n) is 6.61. The monoisotopic (exact) mass is 392 g/mol. The summed E-state index contributed by atoms with van der Waals surface area (Å²) in [4.78, 5) is 15.8. The summed E-state index contributed by atoms with van der Waals surface area (Å²) in [6.45, 7) is 2.11. The number of benzene rings is 1. The molecule has 1 aromatic carbocycles. The number of thiazole rings is 1. The molecule has 0 aliphatic carbocycles. The van der Waals surface area contributed by atoms with Crippen LogP contribution in [-0.4, -0.2) is 39.7 Å². The topological polar surface area (TPSA) is 69.0 Å². The first-order valence-corrected chi connectivity index (χ1v) is 9.49. The molecule has 9 heteroatoms. The maximum Gasteiger partial charge on any atom is 0.257 e. The molecule has 1 aliphatic heterocycles. The molecule has 1 unspecified atom stereocenters. The summed E-state index contributed by atoms with van der Waals surface area (Å²) in [5.74, 6) is 0.829. The molecule has 0 saturated carbocycles. The Balaban J connectivity index is 1.63. The molecule has 1 amide bonds. The number of hydrogen-bond donors (Lipinski definition) is 1. The van der Waals surface area contributed by atoms with Crippen molar-refractivity contribution in [2.75, 3.05) is 6.54 Å². The molecule has 6 nitrogen and oxygen atoms in total. The fourth-order valence-corrected chi connectivity index (χ4v) is 3.93. The Hall–Kier alpha value is -2.55. The Morgan fingerprint density at radius 1 is 1.41 bits per heavy atom. The van der Waals surface area contributed by atoms with E-state index >= 15 is 0 Å². The van der Waals surface area contributed by atoms with Gasteiger partial charge in [-0.25, -0.2) is 13.8 Å². The predicted octanol–water partition coefficient (Wildman–Crippen LogP) is 3.33. The zero-order valence-corrected chi connectivity index (χ0v) is 15.4. The Bertz CT molecular complexity index is 971. The molecule has 4 rings (SSSR count). The van der Waals surface area contributed by atoms with Crippen LogP contribution in [0.2, 0.25) is 0 Å². The standard InChI is InChI=1S/C18H18F2N4O2S/c1-10(12-4-17(25)21-5-12)26-15-3-11(2-14-18(15)27-9-22-14)13-6-23-24(7-13)8-16(19)20/h2-3,6-7,9-10,12,16H,4-5,8H2,1H3,(H,21,25)/t10?,12-/m1/s1. The first-order chi connectivity index (χ1) is 13.0. The van der Waals surface area contributed by atoms with E-state index in [9.17, 15) is 13.6 Å². The quantitative estimate of drug-likeness (QED) is 0.699. The molecule has 0 spiro atoms. The van der Waals surface area contributed by atoms with Gasteiger partial charge in [-0.2, -0.15) is 5.10 Å². The lowest BCUT2D eigenvalue weighted by molar-refractivity contribution is -0.119. The maximum atomic E-state index is 12.6. The normalized spacial score (nSPS) is 18.2. The Labute approximate surface area is 158 Å². The van der Waals surface area contributed by atoms with E-state index < -0.39 is 13.0 Å². The minimum absolute atomic E-state index is 0.0404. The highest BCUT2D eigenvalue weighted by Gasteiger charge is 2.28. The van der Waals surface area contributed by atoms with Crippen molar-refractivity contribution < 1.29 is 18.3 Å². The molecule has 1 fully saturated rings. The average molecular weight is 392 g/mol. The highest BCUT2D eigenvalue weighted by Crippen LogP contribution is 2.36. The molecule has 0 radical (unpaired) electrons. The van der Waals surface area contributed by atoms with Crippen LogP contribution in [0.4, 0.5) is 8.78 Å². The van der Waals surface area contributed by atoms with Crippen LogP contribution in [0.3, 0.4) is 0 Å². The molecule has 3 heterocycles. The molecule has 1 saturated heterocycles. The molecule has 142 valence electrons. The third-order valence-corrected chi connectivity index (χ3v) is 5.53. The predicted molar refractivity (Wildman–Crippen MR) is 98.1 cm³/mol. The summed E-state index contributed by atoms with van der Waals surface area (Å²) in [6, 6.07) is 3.78. The van der Waals surface area contributed by atoms with Crippen molar-refractivity contribution in [1.29, 1.82) is 0 Å². The fraction of sp³-hybridized carbons (Fsp3) is 0.389. The SMILES string of the molecule is CC(Oc1cc(-c2cnn(CC(F)F)c2)cc2ncsc12)[C@H]1CNC(=O)C1. The van der Waals surface area contributed by atoms with Crippen molar-refractivity contribution >= 4 is 27.5 Å². The van der Waals surface area contributed by atoms with E-state index in [-0.39, 0.29) is 17.9 Å². The zero-order chi connectivity index (χ0) is 19.0. The van der Waals surface area contributed by atoms with Crippen molar-refractivity contribution in [3.05, 3.63) is 30.0 Å². The number of aromatic nitrogens is 3. The van der Waals surface area contributed by atoms with Crippen LogP contribution in [-0.2, 0) is 11.3 Å². The van der Waals surface area contributed by atoms with Gasteiger partial charge in [-0.3, -0.25) is 9.48 Å².